The molecule has 0 radical (unpaired) electrons. The molecule has 0 aliphatic rings. The van der Waals surface area contributed by atoms with Crippen LogP contribution in [-0.2, 0) is 19.1 Å². The maximum Gasteiger partial charge on any atom is 0.306 e. The number of hydrogen-bond acceptors (Lipinski definition) is 5. The van der Waals surface area contributed by atoms with Gasteiger partial charge in [0.25, 0.3) is 0 Å². The predicted molar refractivity (Wildman–Crippen MR) is 196 cm³/mol. The summed E-state index contributed by atoms with van der Waals surface area (Å²) in [5.74, 6) is -1.03. The maximum atomic E-state index is 12.3. The SMILES string of the molecule is [2H]/C(CCCCC)=C(\[2H])C/C([2H])=C(/[2H])C/C([2H])=C(/[2H])C/C([2H])=C(/[2H])CCCC(=O)O[C@@H](CO)COC(=O)CCCCCCCCCCCCCCCCC. The van der Waals surface area contributed by atoms with Gasteiger partial charge in [-0.05, 0) is 51.4 Å². The van der Waals surface area contributed by atoms with Gasteiger partial charge in [-0.15, -0.1) is 0 Å². The molecule has 0 heterocycles. The van der Waals surface area contributed by atoms with Gasteiger partial charge in [-0.25, -0.2) is 0 Å². The van der Waals surface area contributed by atoms with E-state index in [0.29, 0.717) is 6.42 Å². The van der Waals surface area contributed by atoms with E-state index in [4.69, 9.17) is 20.4 Å². The van der Waals surface area contributed by atoms with Crippen LogP contribution in [0.4, 0.5) is 0 Å². The molecular formula is C41H72O5. The number of carbonyl (C=O) groups is 2. The molecule has 0 aromatic carbocycles. The summed E-state index contributed by atoms with van der Waals surface area (Å²) in [5.41, 5.74) is 0. The van der Waals surface area contributed by atoms with Crippen LogP contribution in [0.25, 0.3) is 0 Å². The Bertz CT molecular complexity index is 1170. The number of aliphatic hydroxyl groups is 1. The van der Waals surface area contributed by atoms with Crippen molar-refractivity contribution in [1.82, 2.24) is 0 Å². The molecule has 46 heavy (non-hydrogen) atoms. The fraction of sp³-hybridized carbons (Fsp3) is 0.756. The summed E-state index contributed by atoms with van der Waals surface area (Å²) in [5, 5.41) is 9.59. The van der Waals surface area contributed by atoms with Gasteiger partial charge in [0.15, 0.2) is 6.10 Å². The van der Waals surface area contributed by atoms with E-state index in [-0.39, 0.29) is 100.0 Å². The first-order chi connectivity index (χ1) is 25.9. The Labute approximate surface area is 295 Å². The molecule has 0 aromatic rings. The Hall–Kier alpha value is -2.14. The van der Waals surface area contributed by atoms with E-state index in [1.807, 2.05) is 6.92 Å². The van der Waals surface area contributed by atoms with Crippen molar-refractivity contribution in [3.63, 3.8) is 0 Å². The Morgan fingerprint density at radius 3 is 1.41 bits per heavy atom. The molecule has 0 rings (SSSR count). The summed E-state index contributed by atoms with van der Waals surface area (Å²) in [4.78, 5) is 24.4. The summed E-state index contributed by atoms with van der Waals surface area (Å²) >= 11 is 0. The smallest absolute Gasteiger partial charge is 0.306 e. The van der Waals surface area contributed by atoms with Crippen LogP contribution in [0.1, 0.15) is 192 Å². The molecule has 0 aromatic heterocycles. The van der Waals surface area contributed by atoms with Gasteiger partial charge < -0.3 is 14.6 Å². The zero-order valence-electron chi connectivity index (χ0n) is 37.5. The first-order valence-electron chi connectivity index (χ1n) is 22.4. The highest BCUT2D eigenvalue weighted by atomic mass is 16.6. The predicted octanol–water partition coefficient (Wildman–Crippen LogP) is 11.8. The van der Waals surface area contributed by atoms with Gasteiger partial charge in [0, 0.05) is 12.8 Å². The highest BCUT2D eigenvalue weighted by molar-refractivity contribution is 5.70. The van der Waals surface area contributed by atoms with E-state index in [1.165, 1.54) is 77.0 Å². The molecule has 0 fully saturated rings. The summed E-state index contributed by atoms with van der Waals surface area (Å²) in [6.45, 7) is 3.55. The van der Waals surface area contributed by atoms with Gasteiger partial charge in [0.2, 0.25) is 0 Å². The molecular weight excluding hydrogens is 572 g/mol. The van der Waals surface area contributed by atoms with Gasteiger partial charge in [0.1, 0.15) is 6.61 Å². The molecule has 0 aliphatic carbocycles. The Morgan fingerprint density at radius 2 is 0.935 bits per heavy atom. The van der Waals surface area contributed by atoms with E-state index >= 15 is 0 Å². The largest absolute Gasteiger partial charge is 0.462 e. The average Bonchev–Trinajstić information content (AvgIpc) is 3.14. The lowest BCUT2D eigenvalue weighted by Crippen LogP contribution is -2.28. The molecule has 5 heteroatoms. The van der Waals surface area contributed by atoms with Gasteiger partial charge in [-0.3, -0.25) is 9.59 Å². The Balaban J connectivity index is 4.35. The maximum absolute atomic E-state index is 12.3. The molecule has 0 bridgehead atoms. The average molecular weight is 653 g/mol. The molecule has 0 amide bonds. The fourth-order valence-electron chi connectivity index (χ4n) is 4.74. The van der Waals surface area contributed by atoms with Crippen molar-refractivity contribution >= 4 is 11.9 Å². The van der Waals surface area contributed by atoms with Crippen molar-refractivity contribution in [2.24, 2.45) is 0 Å². The Kier molecular flexibility index (Phi) is 25.3. The number of aliphatic hydroxyl groups excluding tert-OH is 1. The quantitative estimate of drug-likeness (QED) is 0.0425. The molecule has 0 unspecified atom stereocenters. The zero-order chi connectivity index (χ0) is 40.6. The minimum Gasteiger partial charge on any atom is -0.462 e. The first kappa shape index (κ1) is 31.1. The van der Waals surface area contributed by atoms with Crippen LogP contribution < -0.4 is 0 Å². The third-order valence-electron chi connectivity index (χ3n) is 7.53. The number of allylic oxidation sites excluding steroid dienone is 8. The summed E-state index contributed by atoms with van der Waals surface area (Å²) in [7, 11) is 0. The van der Waals surface area contributed by atoms with Crippen LogP contribution in [0.15, 0.2) is 48.4 Å². The molecule has 1 atom stereocenters. The number of carbonyl (C=O) groups excluding carboxylic acids is 2. The van der Waals surface area contributed by atoms with Crippen LogP contribution >= 0.6 is 0 Å². The first-order valence-corrected chi connectivity index (χ1v) is 18.4. The lowest BCUT2D eigenvalue weighted by Gasteiger charge is -2.15. The summed E-state index contributed by atoms with van der Waals surface area (Å²) in [6, 6.07) is -1.14. The van der Waals surface area contributed by atoms with Crippen LogP contribution in [0.5, 0.6) is 0 Å². The Morgan fingerprint density at radius 1 is 0.543 bits per heavy atom. The van der Waals surface area contributed by atoms with Gasteiger partial charge >= 0.3 is 11.9 Å². The molecule has 0 aliphatic heterocycles. The van der Waals surface area contributed by atoms with Gasteiger partial charge in [-0.2, -0.15) is 0 Å². The molecule has 0 saturated carbocycles. The van der Waals surface area contributed by atoms with E-state index in [9.17, 15) is 14.7 Å². The van der Waals surface area contributed by atoms with Crippen LogP contribution in [0.3, 0.4) is 0 Å². The van der Waals surface area contributed by atoms with Crippen molar-refractivity contribution in [3.8, 4) is 0 Å². The molecule has 5 nitrogen and oxygen atoms in total. The summed E-state index contributed by atoms with van der Waals surface area (Å²) in [6.07, 6.45) is 20.4. The third kappa shape index (κ3) is 34.7. The van der Waals surface area contributed by atoms with Crippen LogP contribution in [0, 0.1) is 0 Å². The monoisotopic (exact) mass is 653 g/mol. The summed E-state index contributed by atoms with van der Waals surface area (Å²) < 4.78 is 75.2. The topological polar surface area (TPSA) is 72.8 Å². The molecule has 0 saturated heterocycles. The van der Waals surface area contributed by atoms with Crippen molar-refractivity contribution in [2.75, 3.05) is 13.2 Å². The van der Waals surface area contributed by atoms with Crippen LogP contribution in [-0.4, -0.2) is 36.4 Å². The van der Waals surface area contributed by atoms with Crippen LogP contribution in [0.2, 0.25) is 0 Å². The van der Waals surface area contributed by atoms with Crippen molar-refractivity contribution in [2.45, 2.75) is 187 Å². The van der Waals surface area contributed by atoms with Gasteiger partial charge in [0.05, 0.1) is 17.6 Å². The lowest BCUT2D eigenvalue weighted by molar-refractivity contribution is -0.161. The van der Waals surface area contributed by atoms with E-state index in [1.54, 1.807) is 0 Å². The highest BCUT2D eigenvalue weighted by Crippen LogP contribution is 2.14. The standard InChI is InChI=1S/C41H72O5/c1-3-5-7-9-11-13-15-17-19-20-22-24-26-28-30-32-34-36-41(44)46-39(37-42)38-45-40(43)35-33-31-29-27-25-23-21-18-16-14-12-10-8-6-4-2/h11,13,17,19,22,24,28,30,39,42H,3-10,12,14-16,18,20-21,23,25-27,29,31-38H2,1-2H3/b13-11-,19-17-,24-22-,30-28-/t39-/m0/s1/i11D,13D,17D,19D,22D,24D,28D,30D. The van der Waals surface area contributed by atoms with Crippen molar-refractivity contribution in [3.05, 3.63) is 48.4 Å². The number of esters is 2. The van der Waals surface area contributed by atoms with Crippen molar-refractivity contribution < 1.29 is 35.1 Å². The van der Waals surface area contributed by atoms with Gasteiger partial charge in [-0.1, -0.05) is 165 Å². The van der Waals surface area contributed by atoms with E-state index in [2.05, 4.69) is 6.92 Å². The number of unbranched alkanes of at least 4 members (excludes halogenated alkanes) is 16. The molecule has 266 valence electrons. The molecule has 1 N–H and O–H groups in total. The minimum absolute atomic E-state index is 0.0300. The highest BCUT2D eigenvalue weighted by Gasteiger charge is 2.15. The lowest BCUT2D eigenvalue weighted by atomic mass is 10.0. The fourth-order valence-corrected chi connectivity index (χ4v) is 4.74. The van der Waals surface area contributed by atoms with E-state index in [0.717, 1.165) is 38.5 Å². The number of rotatable bonds is 34. The second kappa shape index (κ2) is 37.3. The minimum atomic E-state index is -0.990. The second-order valence-electron chi connectivity index (χ2n) is 11.9. The zero-order valence-corrected chi connectivity index (χ0v) is 29.5. The number of ether oxygens (including phenoxy) is 2. The third-order valence-corrected chi connectivity index (χ3v) is 7.53. The van der Waals surface area contributed by atoms with E-state index < -0.39 is 24.6 Å². The second-order valence-corrected chi connectivity index (χ2v) is 11.9. The molecule has 0 spiro atoms. The number of hydrogen-bond donors (Lipinski definition) is 1. The normalized spacial score (nSPS) is 16.8. The van der Waals surface area contributed by atoms with Crippen molar-refractivity contribution in [1.29, 1.82) is 0 Å².